The third-order valence-electron chi connectivity index (χ3n) is 9.27. The molecule has 1 heteroatoms. The Morgan fingerprint density at radius 3 is 2.11 bits per heavy atom. The fourth-order valence-electron chi connectivity index (χ4n) is 6.97. The largest absolute Gasteiger partial charge is 0.456 e. The van der Waals surface area contributed by atoms with Crippen LogP contribution in [0.15, 0.2) is 152 Å². The first-order chi connectivity index (χ1) is 21.5. The van der Waals surface area contributed by atoms with Gasteiger partial charge in [0.25, 0.3) is 0 Å². The number of rotatable bonds is 4. The van der Waals surface area contributed by atoms with E-state index in [1.807, 2.05) is 6.08 Å². The van der Waals surface area contributed by atoms with Crippen molar-refractivity contribution in [2.45, 2.75) is 19.3 Å². The monoisotopic (exact) mass is 564 g/mol. The molecule has 6 aromatic rings. The van der Waals surface area contributed by atoms with E-state index >= 15 is 0 Å². The summed E-state index contributed by atoms with van der Waals surface area (Å²) >= 11 is 0. The first-order valence-corrected chi connectivity index (χ1v) is 15.2. The van der Waals surface area contributed by atoms with E-state index in [-0.39, 0.29) is 5.41 Å². The van der Waals surface area contributed by atoms with Crippen LogP contribution in [-0.4, -0.2) is 0 Å². The van der Waals surface area contributed by atoms with Gasteiger partial charge < -0.3 is 4.74 Å². The van der Waals surface area contributed by atoms with Crippen LogP contribution in [0.2, 0.25) is 0 Å². The summed E-state index contributed by atoms with van der Waals surface area (Å²) in [5.74, 6) is 1.70. The Balaban J connectivity index is 1.20. The minimum absolute atomic E-state index is 0.0655. The molecule has 0 spiro atoms. The molecule has 0 bridgehead atoms. The summed E-state index contributed by atoms with van der Waals surface area (Å²) < 4.78 is 6.69. The molecule has 6 aromatic carbocycles. The normalized spacial score (nSPS) is 15.2. The first kappa shape index (κ1) is 26.2. The average Bonchev–Trinajstić information content (AvgIpc) is 3.30. The van der Waals surface area contributed by atoms with Crippen molar-refractivity contribution in [1.82, 2.24) is 0 Å². The third-order valence-corrected chi connectivity index (χ3v) is 9.27. The summed E-state index contributed by atoms with van der Waals surface area (Å²) in [6, 6.07) is 45.8. The molecule has 0 amide bonds. The van der Waals surface area contributed by atoms with Gasteiger partial charge in [0.1, 0.15) is 11.5 Å². The minimum atomic E-state index is -0.0655. The van der Waals surface area contributed by atoms with Gasteiger partial charge in [-0.15, -0.1) is 0 Å². The zero-order chi connectivity index (χ0) is 29.8. The first-order valence-electron chi connectivity index (χ1n) is 15.2. The summed E-state index contributed by atoms with van der Waals surface area (Å²) in [7, 11) is 0. The number of allylic oxidation sites excluding steroid dienone is 4. The Labute approximate surface area is 259 Å². The molecule has 1 aliphatic heterocycles. The van der Waals surface area contributed by atoms with Crippen LogP contribution in [-0.2, 0) is 5.41 Å². The highest BCUT2D eigenvalue weighted by atomic mass is 16.5. The molecule has 8 rings (SSSR count). The molecule has 0 saturated carbocycles. The van der Waals surface area contributed by atoms with Crippen molar-refractivity contribution < 1.29 is 4.74 Å². The second-order valence-electron chi connectivity index (χ2n) is 12.2. The van der Waals surface area contributed by atoms with Crippen molar-refractivity contribution in [1.29, 1.82) is 0 Å². The van der Waals surface area contributed by atoms with Crippen LogP contribution in [0.1, 0.15) is 36.1 Å². The molecule has 1 heterocycles. The number of hydrogen-bond donors (Lipinski definition) is 0. The zero-order valence-corrected chi connectivity index (χ0v) is 25.0. The molecule has 0 radical (unpaired) electrons. The van der Waals surface area contributed by atoms with Gasteiger partial charge in [-0.05, 0) is 91.2 Å². The number of ether oxygens (including phenoxy) is 1. The lowest BCUT2D eigenvalue weighted by Gasteiger charge is -2.24. The standard InChI is InChI=1S/C43H32O/c1-4-11-29(33-20-22-36-35-15-9-10-17-39(35)43(2,3)40(36)26-33)27-42-37-16-8-7-14-34(37)38-25-32(21-23-41(38)44-42)31-19-18-28-12-5-6-13-30(28)24-31/h4-27H,1H2,2-3H3/b29-11+,42-27-. The summed E-state index contributed by atoms with van der Waals surface area (Å²) in [6.45, 7) is 8.68. The summed E-state index contributed by atoms with van der Waals surface area (Å²) in [6.07, 6.45) is 6.10. The van der Waals surface area contributed by atoms with Crippen LogP contribution in [0.4, 0.5) is 0 Å². The topological polar surface area (TPSA) is 9.23 Å². The maximum absolute atomic E-state index is 6.69. The van der Waals surface area contributed by atoms with E-state index in [9.17, 15) is 0 Å². The predicted octanol–water partition coefficient (Wildman–Crippen LogP) is 11.5. The number of hydrogen-bond acceptors (Lipinski definition) is 1. The van der Waals surface area contributed by atoms with Gasteiger partial charge in [0.15, 0.2) is 0 Å². The quantitative estimate of drug-likeness (QED) is 0.194. The van der Waals surface area contributed by atoms with Crippen molar-refractivity contribution in [3.05, 3.63) is 174 Å². The molecular formula is C43H32O. The van der Waals surface area contributed by atoms with Gasteiger partial charge in [-0.1, -0.05) is 136 Å². The summed E-state index contributed by atoms with van der Waals surface area (Å²) in [5, 5.41) is 2.49. The van der Waals surface area contributed by atoms with E-state index in [0.717, 1.165) is 33.8 Å². The molecule has 1 nitrogen and oxygen atoms in total. The lowest BCUT2D eigenvalue weighted by Crippen LogP contribution is -2.15. The van der Waals surface area contributed by atoms with E-state index in [1.165, 1.54) is 49.7 Å². The van der Waals surface area contributed by atoms with E-state index in [1.54, 1.807) is 0 Å². The Morgan fingerprint density at radius 2 is 1.27 bits per heavy atom. The zero-order valence-electron chi connectivity index (χ0n) is 25.0. The molecule has 44 heavy (non-hydrogen) atoms. The van der Waals surface area contributed by atoms with E-state index in [2.05, 4.69) is 160 Å². The molecule has 0 saturated heterocycles. The van der Waals surface area contributed by atoms with E-state index in [4.69, 9.17) is 4.74 Å². The van der Waals surface area contributed by atoms with Gasteiger partial charge in [-0.2, -0.15) is 0 Å². The maximum Gasteiger partial charge on any atom is 0.135 e. The van der Waals surface area contributed by atoms with E-state index in [0.29, 0.717) is 0 Å². The van der Waals surface area contributed by atoms with Gasteiger partial charge in [0.05, 0.1) is 0 Å². The van der Waals surface area contributed by atoms with Gasteiger partial charge in [0, 0.05) is 16.5 Å². The maximum atomic E-state index is 6.69. The molecule has 1 aliphatic carbocycles. The molecule has 0 atom stereocenters. The van der Waals surface area contributed by atoms with E-state index < -0.39 is 0 Å². The average molecular weight is 565 g/mol. The SMILES string of the molecule is C=C/C=C(\C=C1/Oc2ccc(-c3ccc4ccccc4c3)cc2-c2ccccc21)c1ccc2c(c1)C(C)(C)c1ccccc1-2. The fourth-order valence-corrected chi connectivity index (χ4v) is 6.97. The molecular weight excluding hydrogens is 532 g/mol. The molecule has 0 unspecified atom stereocenters. The second-order valence-corrected chi connectivity index (χ2v) is 12.2. The molecule has 0 fully saturated rings. The van der Waals surface area contributed by atoms with Gasteiger partial charge in [-0.3, -0.25) is 0 Å². The van der Waals surface area contributed by atoms with Crippen LogP contribution in [0.25, 0.3) is 55.5 Å². The van der Waals surface area contributed by atoms with Crippen molar-refractivity contribution in [2.75, 3.05) is 0 Å². The Bertz CT molecular complexity index is 2190. The van der Waals surface area contributed by atoms with Crippen molar-refractivity contribution >= 4 is 22.1 Å². The predicted molar refractivity (Wildman–Crippen MR) is 186 cm³/mol. The van der Waals surface area contributed by atoms with Crippen LogP contribution in [0, 0.1) is 0 Å². The Hall–Kier alpha value is -5.40. The number of benzene rings is 6. The fraction of sp³-hybridized carbons (Fsp3) is 0.0698. The second kappa shape index (κ2) is 10.1. The van der Waals surface area contributed by atoms with Crippen LogP contribution >= 0.6 is 0 Å². The number of fused-ring (bicyclic) bond motifs is 7. The van der Waals surface area contributed by atoms with Crippen molar-refractivity contribution in [3.8, 4) is 39.1 Å². The summed E-state index contributed by atoms with van der Waals surface area (Å²) in [4.78, 5) is 0. The van der Waals surface area contributed by atoms with Gasteiger partial charge >= 0.3 is 0 Å². The van der Waals surface area contributed by atoms with Crippen LogP contribution in [0.5, 0.6) is 5.75 Å². The Kier molecular flexibility index (Phi) is 6.03. The lowest BCUT2D eigenvalue weighted by atomic mass is 9.81. The smallest absolute Gasteiger partial charge is 0.135 e. The highest BCUT2D eigenvalue weighted by Crippen LogP contribution is 2.50. The Morgan fingerprint density at radius 1 is 0.591 bits per heavy atom. The molecule has 210 valence electrons. The van der Waals surface area contributed by atoms with Gasteiger partial charge in [-0.25, -0.2) is 0 Å². The lowest BCUT2D eigenvalue weighted by molar-refractivity contribution is 0.512. The van der Waals surface area contributed by atoms with Crippen LogP contribution in [0.3, 0.4) is 0 Å². The van der Waals surface area contributed by atoms with Crippen molar-refractivity contribution in [2.24, 2.45) is 0 Å². The highest BCUT2D eigenvalue weighted by molar-refractivity contribution is 5.94. The van der Waals surface area contributed by atoms with Gasteiger partial charge in [0.2, 0.25) is 0 Å². The van der Waals surface area contributed by atoms with Crippen molar-refractivity contribution in [3.63, 3.8) is 0 Å². The third kappa shape index (κ3) is 4.16. The molecule has 2 aliphatic rings. The summed E-state index contributed by atoms with van der Waals surface area (Å²) in [5.41, 5.74) is 13.3. The minimum Gasteiger partial charge on any atom is -0.456 e. The highest BCUT2D eigenvalue weighted by Gasteiger charge is 2.35. The molecule has 0 aromatic heterocycles. The molecule has 0 N–H and O–H groups in total. The van der Waals surface area contributed by atoms with Crippen LogP contribution < -0.4 is 4.74 Å².